The van der Waals surface area contributed by atoms with Gasteiger partial charge in [-0.3, -0.25) is 14.3 Å². The van der Waals surface area contributed by atoms with Gasteiger partial charge < -0.3 is 10.1 Å². The first-order valence-corrected chi connectivity index (χ1v) is 6.74. The number of ether oxygens (including phenoxy) is 1. The normalized spacial score (nSPS) is 10.8. The Balaban J connectivity index is 2.21. The van der Waals surface area contributed by atoms with E-state index in [2.05, 4.69) is 10.3 Å². The van der Waals surface area contributed by atoms with Crippen LogP contribution in [0.25, 0.3) is 0 Å². The van der Waals surface area contributed by atoms with Crippen LogP contribution in [0.4, 0.5) is 0 Å². The van der Waals surface area contributed by atoms with E-state index in [4.69, 9.17) is 4.74 Å². The minimum atomic E-state index is -0.353. The molecule has 1 heterocycles. The van der Waals surface area contributed by atoms with Crippen LogP contribution in [0.3, 0.4) is 0 Å². The second-order valence-corrected chi connectivity index (χ2v) is 4.42. The molecular weight excluding hydrogens is 246 g/mol. The largest absolute Gasteiger partial charge is 0.382 e. The minimum Gasteiger partial charge on any atom is -0.382 e. The van der Waals surface area contributed by atoms with Crippen LogP contribution >= 0.6 is 0 Å². The molecule has 0 bridgehead atoms. The molecule has 0 fully saturated rings. The molecule has 19 heavy (non-hydrogen) atoms. The Kier molecular flexibility index (Phi) is 7.14. The Hall–Kier alpha value is -1.40. The summed E-state index contributed by atoms with van der Waals surface area (Å²) >= 11 is 0. The summed E-state index contributed by atoms with van der Waals surface area (Å²) in [6, 6.07) is 0. The average Bonchev–Trinajstić information content (AvgIpc) is 2.38. The van der Waals surface area contributed by atoms with Gasteiger partial charge in [0.2, 0.25) is 0 Å². The summed E-state index contributed by atoms with van der Waals surface area (Å²) in [5.74, 6) is 0. The molecule has 1 rings (SSSR count). The molecule has 0 radical (unpaired) electrons. The van der Waals surface area contributed by atoms with Crippen LogP contribution in [0, 0.1) is 6.92 Å². The molecule has 0 atom stereocenters. The van der Waals surface area contributed by atoms with Crippen LogP contribution in [0.15, 0.2) is 15.8 Å². The lowest BCUT2D eigenvalue weighted by atomic mass is 10.3. The number of aryl methyl sites for hydroxylation is 1. The molecule has 0 saturated heterocycles. The van der Waals surface area contributed by atoms with Gasteiger partial charge in [0, 0.05) is 38.1 Å². The average molecular weight is 269 g/mol. The Morgan fingerprint density at radius 1 is 1.32 bits per heavy atom. The molecule has 2 N–H and O–H groups in total. The van der Waals surface area contributed by atoms with E-state index in [1.54, 1.807) is 13.1 Å². The lowest BCUT2D eigenvalue weighted by Gasteiger charge is -2.07. The first kappa shape index (κ1) is 15.7. The standard InChI is InChI=1S/C13H23N3O3/c1-3-19-9-5-4-6-14-7-8-16-10-11(2)12(17)15-13(16)18/h10,14H,3-9H2,1-2H3,(H,15,17,18). The highest BCUT2D eigenvalue weighted by Crippen LogP contribution is 1.88. The van der Waals surface area contributed by atoms with Crippen LogP contribution in [-0.4, -0.2) is 35.9 Å². The van der Waals surface area contributed by atoms with Crippen molar-refractivity contribution < 1.29 is 4.74 Å². The Bertz CT molecular complexity index is 479. The number of aromatic amines is 1. The molecule has 6 heteroatoms. The third-order valence-electron chi connectivity index (χ3n) is 2.81. The molecule has 6 nitrogen and oxygen atoms in total. The maximum atomic E-state index is 11.5. The van der Waals surface area contributed by atoms with Crippen LogP contribution in [0.1, 0.15) is 25.3 Å². The van der Waals surface area contributed by atoms with Crippen molar-refractivity contribution in [1.29, 1.82) is 0 Å². The van der Waals surface area contributed by atoms with Gasteiger partial charge in [0.1, 0.15) is 0 Å². The van der Waals surface area contributed by atoms with Crippen molar-refractivity contribution >= 4 is 0 Å². The van der Waals surface area contributed by atoms with Gasteiger partial charge in [0.25, 0.3) is 5.56 Å². The van der Waals surface area contributed by atoms with E-state index in [-0.39, 0.29) is 11.2 Å². The molecule has 0 aliphatic carbocycles. The van der Waals surface area contributed by atoms with Crippen molar-refractivity contribution in [2.75, 3.05) is 26.3 Å². The number of nitrogens with zero attached hydrogens (tertiary/aromatic N) is 1. The van der Waals surface area contributed by atoms with Gasteiger partial charge in [0.05, 0.1) is 0 Å². The number of aromatic nitrogens is 2. The maximum absolute atomic E-state index is 11.5. The van der Waals surface area contributed by atoms with Crippen LogP contribution in [-0.2, 0) is 11.3 Å². The monoisotopic (exact) mass is 269 g/mol. The first-order valence-electron chi connectivity index (χ1n) is 6.74. The van der Waals surface area contributed by atoms with E-state index < -0.39 is 0 Å². The third kappa shape index (κ3) is 5.85. The molecule has 0 unspecified atom stereocenters. The van der Waals surface area contributed by atoms with Crippen molar-refractivity contribution in [3.05, 3.63) is 32.6 Å². The molecule has 0 spiro atoms. The number of rotatable bonds is 9. The summed E-state index contributed by atoms with van der Waals surface area (Å²) in [6.45, 7) is 7.42. The van der Waals surface area contributed by atoms with Crippen molar-refractivity contribution in [3.8, 4) is 0 Å². The van der Waals surface area contributed by atoms with Crippen molar-refractivity contribution in [3.63, 3.8) is 0 Å². The molecule has 108 valence electrons. The molecule has 0 aliphatic rings. The fourth-order valence-corrected chi connectivity index (χ4v) is 1.71. The van der Waals surface area contributed by atoms with E-state index >= 15 is 0 Å². The smallest absolute Gasteiger partial charge is 0.328 e. The molecule has 1 aromatic rings. The van der Waals surface area contributed by atoms with Gasteiger partial charge in [-0.25, -0.2) is 4.79 Å². The predicted molar refractivity (Wildman–Crippen MR) is 74.7 cm³/mol. The van der Waals surface area contributed by atoms with E-state index in [0.717, 1.165) is 32.6 Å². The fraction of sp³-hybridized carbons (Fsp3) is 0.692. The second kappa shape index (κ2) is 8.66. The zero-order valence-corrected chi connectivity index (χ0v) is 11.7. The molecule has 1 aromatic heterocycles. The van der Waals surface area contributed by atoms with Gasteiger partial charge in [-0.1, -0.05) is 0 Å². The Morgan fingerprint density at radius 2 is 2.11 bits per heavy atom. The fourth-order valence-electron chi connectivity index (χ4n) is 1.71. The molecular formula is C13H23N3O3. The van der Waals surface area contributed by atoms with Gasteiger partial charge in [-0.15, -0.1) is 0 Å². The van der Waals surface area contributed by atoms with Crippen molar-refractivity contribution in [2.45, 2.75) is 33.2 Å². The van der Waals surface area contributed by atoms with E-state index in [9.17, 15) is 9.59 Å². The highest BCUT2D eigenvalue weighted by atomic mass is 16.5. The Labute approximate surface area is 112 Å². The number of nitrogens with one attached hydrogen (secondary N) is 2. The lowest BCUT2D eigenvalue weighted by molar-refractivity contribution is 0.143. The van der Waals surface area contributed by atoms with Crippen molar-refractivity contribution in [2.24, 2.45) is 0 Å². The SMILES string of the molecule is CCOCCCCNCCn1cc(C)c(=O)[nH]c1=O. The van der Waals surface area contributed by atoms with Gasteiger partial charge >= 0.3 is 5.69 Å². The summed E-state index contributed by atoms with van der Waals surface area (Å²) in [5.41, 5.74) is -0.116. The van der Waals surface area contributed by atoms with Crippen LogP contribution < -0.4 is 16.6 Å². The highest BCUT2D eigenvalue weighted by Gasteiger charge is 1.99. The maximum Gasteiger partial charge on any atom is 0.328 e. The lowest BCUT2D eigenvalue weighted by Crippen LogP contribution is -2.33. The van der Waals surface area contributed by atoms with Crippen LogP contribution in [0.5, 0.6) is 0 Å². The van der Waals surface area contributed by atoms with Gasteiger partial charge in [-0.05, 0) is 33.2 Å². The third-order valence-corrected chi connectivity index (χ3v) is 2.81. The molecule has 0 saturated carbocycles. The summed E-state index contributed by atoms with van der Waals surface area (Å²) in [4.78, 5) is 25.0. The zero-order chi connectivity index (χ0) is 14.1. The number of H-pyrrole nitrogens is 1. The minimum absolute atomic E-state index is 0.315. The summed E-state index contributed by atoms with van der Waals surface area (Å²) < 4.78 is 6.76. The number of unbranched alkanes of at least 4 members (excludes halogenated alkanes) is 1. The summed E-state index contributed by atoms with van der Waals surface area (Å²) in [6.07, 6.45) is 3.69. The van der Waals surface area contributed by atoms with E-state index in [1.807, 2.05) is 6.92 Å². The predicted octanol–water partition coefficient (Wildman–Crippen LogP) is 0.251. The number of hydrogen-bond acceptors (Lipinski definition) is 4. The number of hydrogen-bond donors (Lipinski definition) is 2. The quantitative estimate of drug-likeness (QED) is 0.630. The van der Waals surface area contributed by atoms with E-state index in [1.165, 1.54) is 4.57 Å². The highest BCUT2D eigenvalue weighted by molar-refractivity contribution is 5.00. The summed E-state index contributed by atoms with van der Waals surface area (Å²) in [7, 11) is 0. The van der Waals surface area contributed by atoms with Crippen molar-refractivity contribution in [1.82, 2.24) is 14.9 Å². The van der Waals surface area contributed by atoms with Crippen LogP contribution in [0.2, 0.25) is 0 Å². The topological polar surface area (TPSA) is 76.1 Å². The first-order chi connectivity index (χ1) is 9.15. The van der Waals surface area contributed by atoms with E-state index in [0.29, 0.717) is 18.7 Å². The molecule has 0 aliphatic heterocycles. The van der Waals surface area contributed by atoms with Gasteiger partial charge in [0.15, 0.2) is 0 Å². The molecule has 0 amide bonds. The summed E-state index contributed by atoms with van der Waals surface area (Å²) in [5, 5.41) is 3.26. The zero-order valence-electron chi connectivity index (χ0n) is 11.7. The van der Waals surface area contributed by atoms with Gasteiger partial charge in [-0.2, -0.15) is 0 Å². The Morgan fingerprint density at radius 3 is 2.84 bits per heavy atom. The molecule has 0 aromatic carbocycles. The second-order valence-electron chi connectivity index (χ2n) is 4.42.